The fraction of sp³-hybridized carbons (Fsp3) is 0.368. The van der Waals surface area contributed by atoms with Crippen LogP contribution in [0.15, 0.2) is 47.4 Å². The van der Waals surface area contributed by atoms with E-state index in [9.17, 15) is 22.8 Å². The van der Waals surface area contributed by atoms with Gasteiger partial charge in [0.15, 0.2) is 0 Å². The number of carbonyl (C=O) groups is 1. The van der Waals surface area contributed by atoms with E-state index in [0.29, 0.717) is 18.0 Å². The molecule has 5 nitrogen and oxygen atoms in total. The molecule has 0 radical (unpaired) electrons. The van der Waals surface area contributed by atoms with Crippen LogP contribution in [0.1, 0.15) is 37.9 Å². The van der Waals surface area contributed by atoms with Crippen molar-refractivity contribution in [2.45, 2.75) is 45.6 Å². The average Bonchev–Trinajstić information content (AvgIpc) is 2.55. The molecule has 1 aromatic heterocycles. The van der Waals surface area contributed by atoms with Gasteiger partial charge in [0.2, 0.25) is 5.91 Å². The molecule has 0 saturated heterocycles. The van der Waals surface area contributed by atoms with Crippen LogP contribution in [0, 0.1) is 0 Å². The van der Waals surface area contributed by atoms with Crippen LogP contribution < -0.4 is 15.6 Å². The van der Waals surface area contributed by atoms with Crippen LogP contribution in [0.3, 0.4) is 0 Å². The van der Waals surface area contributed by atoms with Gasteiger partial charge in [-0.1, -0.05) is 12.1 Å². The Kier molecular flexibility index (Phi) is 6.30. The molecule has 0 spiro atoms. The molecule has 2 rings (SSSR count). The van der Waals surface area contributed by atoms with Gasteiger partial charge in [0, 0.05) is 12.3 Å². The summed E-state index contributed by atoms with van der Waals surface area (Å²) >= 11 is 0. The van der Waals surface area contributed by atoms with Crippen molar-refractivity contribution < 1.29 is 22.7 Å². The summed E-state index contributed by atoms with van der Waals surface area (Å²) in [5.74, 6) is 0.134. The predicted octanol–water partition coefficient (Wildman–Crippen LogP) is 3.53. The highest BCUT2D eigenvalue weighted by Gasteiger charge is 2.31. The molecule has 1 unspecified atom stereocenters. The van der Waals surface area contributed by atoms with Gasteiger partial charge in [0.1, 0.15) is 12.3 Å². The lowest BCUT2D eigenvalue weighted by molar-refractivity contribution is -0.138. The highest BCUT2D eigenvalue weighted by atomic mass is 19.4. The van der Waals surface area contributed by atoms with E-state index in [-0.39, 0.29) is 12.1 Å². The molecule has 1 heterocycles. The molecule has 8 heteroatoms. The van der Waals surface area contributed by atoms with Crippen LogP contribution in [-0.4, -0.2) is 16.6 Å². The zero-order valence-corrected chi connectivity index (χ0v) is 15.2. The quantitative estimate of drug-likeness (QED) is 0.832. The second-order valence-electron chi connectivity index (χ2n) is 6.41. The summed E-state index contributed by atoms with van der Waals surface area (Å²) in [4.78, 5) is 23.9. The summed E-state index contributed by atoms with van der Waals surface area (Å²) in [6.45, 7) is 5.06. The number of carbonyl (C=O) groups excluding carboxylic acids is 1. The molecule has 0 bridgehead atoms. The highest BCUT2D eigenvalue weighted by molar-refractivity contribution is 5.76. The number of alkyl halides is 3. The lowest BCUT2D eigenvalue weighted by Crippen LogP contribution is -2.34. The maximum Gasteiger partial charge on any atom is 0.417 e. The molecule has 0 saturated carbocycles. The molecular formula is C19H21F3N2O3. The number of nitrogens with zero attached hydrogens (tertiary/aromatic N) is 1. The normalized spacial score (nSPS) is 12.7. The monoisotopic (exact) mass is 382 g/mol. The maximum atomic E-state index is 12.8. The first-order valence-electron chi connectivity index (χ1n) is 8.40. The van der Waals surface area contributed by atoms with Gasteiger partial charge in [0.25, 0.3) is 5.56 Å². The number of hydrogen-bond donors (Lipinski definition) is 1. The van der Waals surface area contributed by atoms with Gasteiger partial charge in [-0.05, 0) is 44.5 Å². The Balaban J connectivity index is 2.04. The van der Waals surface area contributed by atoms with Crippen LogP contribution in [0.25, 0.3) is 0 Å². The minimum Gasteiger partial charge on any atom is -0.491 e. The number of ether oxygens (including phenoxy) is 1. The summed E-state index contributed by atoms with van der Waals surface area (Å²) in [7, 11) is 0. The van der Waals surface area contributed by atoms with Gasteiger partial charge in [-0.25, -0.2) is 0 Å². The summed E-state index contributed by atoms with van der Waals surface area (Å²) < 4.78 is 44.5. The van der Waals surface area contributed by atoms with Crippen LogP contribution in [0.5, 0.6) is 5.75 Å². The van der Waals surface area contributed by atoms with Crippen molar-refractivity contribution >= 4 is 5.91 Å². The smallest absolute Gasteiger partial charge is 0.417 e. The summed E-state index contributed by atoms with van der Waals surface area (Å²) in [5.41, 5.74) is -0.861. The largest absolute Gasteiger partial charge is 0.491 e. The number of hydrogen-bond acceptors (Lipinski definition) is 3. The van der Waals surface area contributed by atoms with Gasteiger partial charge in [-0.15, -0.1) is 0 Å². The number of benzene rings is 1. The van der Waals surface area contributed by atoms with Crippen LogP contribution >= 0.6 is 0 Å². The molecule has 1 amide bonds. The van der Waals surface area contributed by atoms with Gasteiger partial charge in [-0.2, -0.15) is 13.2 Å². The van der Waals surface area contributed by atoms with E-state index < -0.39 is 29.8 Å². The van der Waals surface area contributed by atoms with Crippen molar-refractivity contribution in [2.75, 3.05) is 0 Å². The summed E-state index contributed by atoms with van der Waals surface area (Å²) in [6, 6.07) is 8.24. The van der Waals surface area contributed by atoms with Gasteiger partial charge in [0.05, 0.1) is 17.7 Å². The molecule has 146 valence electrons. The zero-order valence-electron chi connectivity index (χ0n) is 15.2. The van der Waals surface area contributed by atoms with Gasteiger partial charge < -0.3 is 14.6 Å². The molecule has 2 aromatic rings. The molecule has 0 fully saturated rings. The fourth-order valence-electron chi connectivity index (χ4n) is 2.46. The van der Waals surface area contributed by atoms with Crippen LogP contribution in [0.4, 0.5) is 13.2 Å². The number of aromatic nitrogens is 1. The second kappa shape index (κ2) is 8.28. The molecule has 1 aromatic carbocycles. The third-order valence-electron chi connectivity index (χ3n) is 3.75. The average molecular weight is 382 g/mol. The van der Waals surface area contributed by atoms with Crippen molar-refractivity contribution in [1.82, 2.24) is 9.88 Å². The molecule has 1 atom stereocenters. The maximum absolute atomic E-state index is 12.8. The van der Waals surface area contributed by atoms with E-state index in [1.165, 1.54) is 0 Å². The Bertz CT molecular complexity index is 843. The zero-order chi connectivity index (χ0) is 20.2. The van der Waals surface area contributed by atoms with E-state index in [2.05, 4.69) is 5.32 Å². The summed E-state index contributed by atoms with van der Waals surface area (Å²) in [5, 5.41) is 2.67. The van der Waals surface area contributed by atoms with E-state index in [1.807, 2.05) is 13.8 Å². The first kappa shape index (κ1) is 20.5. The Morgan fingerprint density at radius 3 is 2.30 bits per heavy atom. The first-order valence-corrected chi connectivity index (χ1v) is 8.40. The van der Waals surface area contributed by atoms with E-state index in [4.69, 9.17) is 4.74 Å². The first-order chi connectivity index (χ1) is 12.6. The van der Waals surface area contributed by atoms with Crippen LogP contribution in [0.2, 0.25) is 0 Å². The molecule has 0 aliphatic rings. The number of halogens is 3. The Morgan fingerprint density at radius 1 is 1.11 bits per heavy atom. The van der Waals surface area contributed by atoms with Crippen molar-refractivity contribution in [3.63, 3.8) is 0 Å². The highest BCUT2D eigenvalue weighted by Crippen LogP contribution is 2.28. The molecule has 0 aliphatic heterocycles. The molecule has 0 aliphatic carbocycles. The topological polar surface area (TPSA) is 60.3 Å². The Hall–Kier alpha value is -2.77. The molecular weight excluding hydrogens is 361 g/mol. The number of amides is 1. The van der Waals surface area contributed by atoms with Crippen molar-refractivity contribution in [1.29, 1.82) is 0 Å². The minimum absolute atomic E-state index is 0.0405. The molecule has 1 N–H and O–H groups in total. The van der Waals surface area contributed by atoms with Crippen molar-refractivity contribution in [2.24, 2.45) is 0 Å². The SMILES string of the molecule is CC(C)Oc1ccc(C(C)NC(=O)Cn2cc(C(F)(F)F)ccc2=O)cc1. The second-order valence-corrected chi connectivity index (χ2v) is 6.41. The third-order valence-corrected chi connectivity index (χ3v) is 3.75. The third kappa shape index (κ3) is 5.87. The Morgan fingerprint density at radius 2 is 1.74 bits per heavy atom. The Labute approximate surface area is 154 Å². The van der Waals surface area contributed by atoms with Crippen molar-refractivity contribution in [3.05, 3.63) is 64.1 Å². The van der Waals surface area contributed by atoms with E-state index in [0.717, 1.165) is 16.2 Å². The van der Waals surface area contributed by atoms with Crippen LogP contribution in [-0.2, 0) is 17.5 Å². The predicted molar refractivity (Wildman–Crippen MR) is 94.5 cm³/mol. The minimum atomic E-state index is -4.58. The van der Waals surface area contributed by atoms with E-state index in [1.54, 1.807) is 31.2 Å². The van der Waals surface area contributed by atoms with Crippen molar-refractivity contribution in [3.8, 4) is 5.75 Å². The number of pyridine rings is 1. The number of nitrogens with one attached hydrogen (secondary N) is 1. The fourth-order valence-corrected chi connectivity index (χ4v) is 2.46. The molecule has 27 heavy (non-hydrogen) atoms. The van der Waals surface area contributed by atoms with E-state index >= 15 is 0 Å². The van der Waals surface area contributed by atoms with Gasteiger partial charge >= 0.3 is 6.18 Å². The van der Waals surface area contributed by atoms with Gasteiger partial charge in [-0.3, -0.25) is 9.59 Å². The lowest BCUT2D eigenvalue weighted by Gasteiger charge is -2.16. The number of rotatable bonds is 6. The standard InChI is InChI=1S/C19H21F3N2O3/c1-12(2)27-16-7-4-14(5-8-16)13(3)23-17(25)11-24-10-15(19(20,21)22)6-9-18(24)26/h4-10,12-13H,11H2,1-3H3,(H,23,25). The lowest BCUT2D eigenvalue weighted by atomic mass is 10.1. The summed E-state index contributed by atoms with van der Waals surface area (Å²) in [6.07, 6.45) is -3.90.